The van der Waals surface area contributed by atoms with E-state index in [4.69, 9.17) is 9.47 Å². The zero-order chi connectivity index (χ0) is 13.4. The minimum absolute atomic E-state index is 0.350. The molecule has 5 heteroatoms. The van der Waals surface area contributed by atoms with Crippen LogP contribution in [-0.2, 0) is 16.0 Å². The summed E-state index contributed by atoms with van der Waals surface area (Å²) in [5.41, 5.74) is 2.11. The van der Waals surface area contributed by atoms with Crippen molar-refractivity contribution in [2.45, 2.75) is 25.2 Å². The Kier molecular flexibility index (Phi) is 2.98. The van der Waals surface area contributed by atoms with E-state index < -0.39 is 0 Å². The van der Waals surface area contributed by atoms with Gasteiger partial charge in [0.2, 0.25) is 0 Å². The van der Waals surface area contributed by atoms with E-state index in [2.05, 4.69) is 20.5 Å². The number of fused-ring (bicyclic) bond motifs is 1. The molecule has 106 valence electrons. The summed E-state index contributed by atoms with van der Waals surface area (Å²) in [5, 5.41) is 0. The number of imidazole rings is 1. The molecule has 1 spiro atoms. The minimum atomic E-state index is -0.350. The topological polar surface area (TPSA) is 39.0 Å². The molecule has 5 nitrogen and oxygen atoms in total. The summed E-state index contributed by atoms with van der Waals surface area (Å²) < 4.78 is 13.7. The first-order valence-electron chi connectivity index (χ1n) is 7.26. The maximum Gasteiger partial charge on any atom is 0.181 e. The van der Waals surface area contributed by atoms with E-state index in [0.29, 0.717) is 0 Å². The number of hydrogen-bond acceptors (Lipinski definition) is 4. The van der Waals surface area contributed by atoms with E-state index in [-0.39, 0.29) is 5.79 Å². The predicted molar refractivity (Wildman–Crippen MR) is 74.3 cm³/mol. The molecule has 2 aromatic heterocycles. The molecule has 2 fully saturated rings. The Hall–Kier alpha value is -1.43. The monoisotopic (exact) mass is 273 g/mol. The van der Waals surface area contributed by atoms with Crippen molar-refractivity contribution in [3.8, 4) is 0 Å². The molecule has 0 radical (unpaired) electrons. The quantitative estimate of drug-likeness (QED) is 0.834. The van der Waals surface area contributed by atoms with E-state index in [1.165, 1.54) is 0 Å². The highest BCUT2D eigenvalue weighted by atomic mass is 16.7. The van der Waals surface area contributed by atoms with Gasteiger partial charge in [-0.15, -0.1) is 0 Å². The molecular weight excluding hydrogens is 254 g/mol. The zero-order valence-electron chi connectivity index (χ0n) is 11.5. The van der Waals surface area contributed by atoms with Crippen molar-refractivity contribution in [3.05, 3.63) is 36.3 Å². The maximum atomic E-state index is 5.82. The van der Waals surface area contributed by atoms with E-state index in [1.54, 1.807) is 0 Å². The molecule has 0 aliphatic carbocycles. The third kappa shape index (κ3) is 2.22. The van der Waals surface area contributed by atoms with Crippen LogP contribution in [0.25, 0.3) is 5.65 Å². The van der Waals surface area contributed by atoms with Crippen LogP contribution in [0, 0.1) is 0 Å². The van der Waals surface area contributed by atoms with Crippen LogP contribution in [0.15, 0.2) is 30.6 Å². The van der Waals surface area contributed by atoms with Gasteiger partial charge in [0.15, 0.2) is 5.79 Å². The van der Waals surface area contributed by atoms with Crippen molar-refractivity contribution in [2.24, 2.45) is 0 Å². The Morgan fingerprint density at radius 2 is 2.15 bits per heavy atom. The summed E-state index contributed by atoms with van der Waals surface area (Å²) in [6, 6.07) is 6.07. The number of hydrogen-bond donors (Lipinski definition) is 0. The highest BCUT2D eigenvalue weighted by molar-refractivity contribution is 5.39. The van der Waals surface area contributed by atoms with Crippen LogP contribution < -0.4 is 0 Å². The molecule has 0 amide bonds. The second-order valence-corrected chi connectivity index (χ2v) is 5.62. The summed E-state index contributed by atoms with van der Waals surface area (Å²) in [5.74, 6) is -0.350. The third-order valence-corrected chi connectivity index (χ3v) is 4.11. The standard InChI is InChI=1S/C15H19N3O2/c1-2-7-18-11-13(16-14(18)4-1)10-17-6-3-5-15(12-17)19-8-9-20-15/h1-2,4,7,11H,3,5-6,8-10,12H2. The van der Waals surface area contributed by atoms with Crippen molar-refractivity contribution < 1.29 is 9.47 Å². The fourth-order valence-electron chi connectivity index (χ4n) is 3.23. The number of likely N-dealkylation sites (tertiary alicyclic amines) is 1. The van der Waals surface area contributed by atoms with Gasteiger partial charge in [-0.2, -0.15) is 0 Å². The van der Waals surface area contributed by atoms with Crippen LogP contribution in [0.3, 0.4) is 0 Å². The van der Waals surface area contributed by atoms with Crippen LogP contribution in [-0.4, -0.2) is 46.4 Å². The van der Waals surface area contributed by atoms with Crippen LogP contribution >= 0.6 is 0 Å². The fraction of sp³-hybridized carbons (Fsp3) is 0.533. The Labute approximate surface area is 118 Å². The van der Waals surface area contributed by atoms with Crippen molar-refractivity contribution in [1.82, 2.24) is 14.3 Å². The van der Waals surface area contributed by atoms with Crippen molar-refractivity contribution in [2.75, 3.05) is 26.3 Å². The first-order chi connectivity index (χ1) is 9.83. The second-order valence-electron chi connectivity index (χ2n) is 5.62. The number of nitrogens with zero attached hydrogens (tertiary/aromatic N) is 3. The van der Waals surface area contributed by atoms with E-state index in [0.717, 1.165) is 57.0 Å². The highest BCUT2D eigenvalue weighted by Gasteiger charge is 2.40. The Morgan fingerprint density at radius 3 is 3.00 bits per heavy atom. The molecule has 2 aromatic rings. The Balaban J connectivity index is 1.50. The summed E-state index contributed by atoms with van der Waals surface area (Å²) in [6.07, 6.45) is 6.27. The number of pyridine rings is 1. The van der Waals surface area contributed by atoms with Crippen LogP contribution in [0.4, 0.5) is 0 Å². The molecule has 2 aliphatic heterocycles. The first kappa shape index (κ1) is 12.3. The fourth-order valence-corrected chi connectivity index (χ4v) is 3.23. The van der Waals surface area contributed by atoms with Gasteiger partial charge in [-0.05, 0) is 25.1 Å². The molecule has 4 rings (SSSR count). The summed E-state index contributed by atoms with van der Waals surface area (Å²) in [6.45, 7) is 4.24. The largest absolute Gasteiger partial charge is 0.346 e. The molecule has 0 saturated carbocycles. The van der Waals surface area contributed by atoms with Crippen molar-refractivity contribution in [1.29, 1.82) is 0 Å². The van der Waals surface area contributed by atoms with Gasteiger partial charge in [-0.1, -0.05) is 6.07 Å². The third-order valence-electron chi connectivity index (χ3n) is 4.11. The van der Waals surface area contributed by atoms with Gasteiger partial charge in [0.25, 0.3) is 0 Å². The molecule has 20 heavy (non-hydrogen) atoms. The maximum absolute atomic E-state index is 5.82. The smallest absolute Gasteiger partial charge is 0.181 e. The number of piperidine rings is 1. The summed E-state index contributed by atoms with van der Waals surface area (Å²) in [4.78, 5) is 7.05. The van der Waals surface area contributed by atoms with E-state index >= 15 is 0 Å². The highest BCUT2D eigenvalue weighted by Crippen LogP contribution is 2.30. The lowest BCUT2D eigenvalue weighted by molar-refractivity contribution is -0.190. The number of rotatable bonds is 2. The van der Waals surface area contributed by atoms with Crippen LogP contribution in [0.2, 0.25) is 0 Å². The molecule has 2 aliphatic rings. The number of aromatic nitrogens is 2. The van der Waals surface area contributed by atoms with Gasteiger partial charge < -0.3 is 13.9 Å². The van der Waals surface area contributed by atoms with Gasteiger partial charge in [0.1, 0.15) is 5.65 Å². The lowest BCUT2D eigenvalue weighted by atomic mass is 10.0. The predicted octanol–water partition coefficient (Wildman–Crippen LogP) is 1.67. The Morgan fingerprint density at radius 1 is 1.25 bits per heavy atom. The molecule has 4 heterocycles. The summed E-state index contributed by atoms with van der Waals surface area (Å²) >= 11 is 0. The molecular formula is C15H19N3O2. The average Bonchev–Trinajstić information content (AvgIpc) is 3.05. The first-order valence-corrected chi connectivity index (χ1v) is 7.26. The molecule has 0 bridgehead atoms. The summed E-state index contributed by atoms with van der Waals surface area (Å²) in [7, 11) is 0. The van der Waals surface area contributed by atoms with Crippen molar-refractivity contribution >= 4 is 5.65 Å². The van der Waals surface area contributed by atoms with Crippen LogP contribution in [0.5, 0.6) is 0 Å². The molecule has 0 unspecified atom stereocenters. The van der Waals surface area contributed by atoms with Crippen LogP contribution in [0.1, 0.15) is 18.5 Å². The van der Waals surface area contributed by atoms with Gasteiger partial charge >= 0.3 is 0 Å². The SMILES string of the molecule is c1ccn2cc(CN3CCCC4(C3)OCCO4)nc2c1. The second kappa shape index (κ2) is 4.84. The van der Waals surface area contributed by atoms with Gasteiger partial charge in [0, 0.05) is 25.4 Å². The lowest BCUT2D eigenvalue weighted by Crippen LogP contribution is -2.48. The van der Waals surface area contributed by atoms with Crippen molar-refractivity contribution in [3.63, 3.8) is 0 Å². The zero-order valence-corrected chi connectivity index (χ0v) is 11.5. The average molecular weight is 273 g/mol. The van der Waals surface area contributed by atoms with E-state index in [1.807, 2.05) is 24.4 Å². The minimum Gasteiger partial charge on any atom is -0.346 e. The molecule has 0 aromatic carbocycles. The normalized spacial score (nSPS) is 22.8. The lowest BCUT2D eigenvalue weighted by Gasteiger charge is -2.38. The van der Waals surface area contributed by atoms with Gasteiger partial charge in [-0.25, -0.2) is 4.98 Å². The Bertz CT molecular complexity index is 571. The van der Waals surface area contributed by atoms with Gasteiger partial charge in [0.05, 0.1) is 25.5 Å². The number of ether oxygens (including phenoxy) is 2. The van der Waals surface area contributed by atoms with Gasteiger partial charge in [-0.3, -0.25) is 4.90 Å². The van der Waals surface area contributed by atoms with E-state index in [9.17, 15) is 0 Å². The molecule has 0 N–H and O–H groups in total. The molecule has 0 atom stereocenters. The molecule has 2 saturated heterocycles.